The van der Waals surface area contributed by atoms with Gasteiger partial charge in [-0.2, -0.15) is 0 Å². The second-order valence-electron chi connectivity index (χ2n) is 4.92. The van der Waals surface area contributed by atoms with Crippen LogP contribution in [0.2, 0.25) is 0 Å². The van der Waals surface area contributed by atoms with Gasteiger partial charge in [-0.25, -0.2) is 4.79 Å². The summed E-state index contributed by atoms with van der Waals surface area (Å²) in [6.45, 7) is 1.49. The van der Waals surface area contributed by atoms with Crippen LogP contribution in [-0.4, -0.2) is 18.0 Å². The third kappa shape index (κ3) is 3.56. The van der Waals surface area contributed by atoms with Crippen molar-refractivity contribution in [2.45, 2.75) is 51.6 Å². The Morgan fingerprint density at radius 2 is 1.95 bits per heavy atom. The number of carbonyl (C=O) groups excluding carboxylic acids is 2. The molecule has 0 radical (unpaired) electrons. The van der Waals surface area contributed by atoms with Gasteiger partial charge in [0.15, 0.2) is 6.10 Å². The van der Waals surface area contributed by atoms with Gasteiger partial charge in [0.25, 0.3) is 5.91 Å². The van der Waals surface area contributed by atoms with Crippen LogP contribution < -0.4 is 5.73 Å². The molecular weight excluding hydrogens is 262 g/mol. The van der Waals surface area contributed by atoms with Crippen LogP contribution in [0.4, 0.5) is 0 Å². The quantitative estimate of drug-likeness (QED) is 0.865. The standard InChI is InChI=1S/C14H19NO3S/c1-9(13(15)16)18-14(17)12-8-10-6-4-2-3-5-7-11(10)19-12/h8-9H,2-7H2,1H3,(H2,15,16)/t9-/m1/s1. The smallest absolute Gasteiger partial charge is 0.349 e. The van der Waals surface area contributed by atoms with E-state index < -0.39 is 18.0 Å². The maximum Gasteiger partial charge on any atom is 0.349 e. The molecule has 1 aliphatic rings. The van der Waals surface area contributed by atoms with Crippen molar-refractivity contribution in [1.82, 2.24) is 0 Å². The molecule has 0 saturated carbocycles. The van der Waals surface area contributed by atoms with Crippen LogP contribution in [0.15, 0.2) is 6.07 Å². The largest absolute Gasteiger partial charge is 0.448 e. The predicted octanol–water partition coefficient (Wildman–Crippen LogP) is 2.44. The number of esters is 1. The van der Waals surface area contributed by atoms with E-state index in [1.165, 1.54) is 54.4 Å². The van der Waals surface area contributed by atoms with Crippen molar-refractivity contribution in [3.63, 3.8) is 0 Å². The Labute approximate surface area is 116 Å². The average Bonchev–Trinajstić information content (AvgIpc) is 2.71. The number of aryl methyl sites for hydroxylation is 2. The predicted molar refractivity (Wildman–Crippen MR) is 74.3 cm³/mol. The van der Waals surface area contributed by atoms with Gasteiger partial charge in [-0.15, -0.1) is 11.3 Å². The van der Waals surface area contributed by atoms with E-state index in [9.17, 15) is 9.59 Å². The number of hydrogen-bond acceptors (Lipinski definition) is 4. The maximum atomic E-state index is 11.9. The summed E-state index contributed by atoms with van der Waals surface area (Å²) in [6.07, 6.45) is 6.07. The van der Waals surface area contributed by atoms with Crippen molar-refractivity contribution in [1.29, 1.82) is 0 Å². The van der Waals surface area contributed by atoms with Gasteiger partial charge in [0.05, 0.1) is 0 Å². The molecule has 5 heteroatoms. The van der Waals surface area contributed by atoms with E-state index in [2.05, 4.69) is 0 Å². The fraction of sp³-hybridized carbons (Fsp3) is 0.571. The number of carbonyl (C=O) groups is 2. The van der Waals surface area contributed by atoms with E-state index in [0.29, 0.717) is 4.88 Å². The van der Waals surface area contributed by atoms with Crippen molar-refractivity contribution in [3.05, 3.63) is 21.4 Å². The molecule has 0 saturated heterocycles. The fourth-order valence-corrected chi connectivity index (χ4v) is 3.36. The minimum Gasteiger partial charge on any atom is -0.448 e. The summed E-state index contributed by atoms with van der Waals surface area (Å²) in [4.78, 5) is 24.7. The first-order chi connectivity index (χ1) is 9.08. The molecule has 1 atom stereocenters. The van der Waals surface area contributed by atoms with Crippen LogP contribution in [0.1, 0.15) is 52.7 Å². The second kappa shape index (κ2) is 6.19. The molecule has 0 unspecified atom stereocenters. The van der Waals surface area contributed by atoms with Crippen LogP contribution in [0.3, 0.4) is 0 Å². The lowest BCUT2D eigenvalue weighted by Crippen LogP contribution is -2.30. The number of ether oxygens (including phenoxy) is 1. The Morgan fingerprint density at radius 3 is 2.63 bits per heavy atom. The molecule has 104 valence electrons. The van der Waals surface area contributed by atoms with E-state index in [0.717, 1.165) is 12.8 Å². The number of rotatable bonds is 3. The van der Waals surface area contributed by atoms with Crippen molar-refractivity contribution in [2.75, 3.05) is 0 Å². The maximum absolute atomic E-state index is 11.9. The molecule has 0 spiro atoms. The zero-order valence-electron chi connectivity index (χ0n) is 11.1. The molecule has 0 aliphatic heterocycles. The zero-order valence-corrected chi connectivity index (χ0v) is 11.9. The summed E-state index contributed by atoms with van der Waals surface area (Å²) in [5.74, 6) is -1.06. The van der Waals surface area contributed by atoms with E-state index in [-0.39, 0.29) is 0 Å². The van der Waals surface area contributed by atoms with Gasteiger partial charge in [0.2, 0.25) is 0 Å². The van der Waals surface area contributed by atoms with Crippen LogP contribution in [0, 0.1) is 0 Å². The highest BCUT2D eigenvalue weighted by Gasteiger charge is 2.20. The van der Waals surface area contributed by atoms with Gasteiger partial charge < -0.3 is 10.5 Å². The average molecular weight is 281 g/mol. The minimum absolute atomic E-state index is 0.442. The fourth-order valence-electron chi connectivity index (χ4n) is 2.22. The van der Waals surface area contributed by atoms with Crippen molar-refractivity contribution >= 4 is 23.2 Å². The number of hydrogen-bond donors (Lipinski definition) is 1. The van der Waals surface area contributed by atoms with E-state index in [4.69, 9.17) is 10.5 Å². The molecule has 0 aromatic carbocycles. The summed E-state index contributed by atoms with van der Waals surface area (Å²) in [6, 6.07) is 1.92. The molecule has 2 rings (SSSR count). The topological polar surface area (TPSA) is 69.4 Å². The molecule has 1 heterocycles. The number of amides is 1. The van der Waals surface area contributed by atoms with Crippen molar-refractivity contribution in [3.8, 4) is 0 Å². The summed E-state index contributed by atoms with van der Waals surface area (Å²) in [5, 5.41) is 0. The normalized spacial score (nSPS) is 16.9. The number of thiophene rings is 1. The van der Waals surface area contributed by atoms with Gasteiger partial charge in [-0.05, 0) is 44.2 Å². The molecule has 0 bridgehead atoms. The van der Waals surface area contributed by atoms with Gasteiger partial charge in [0, 0.05) is 4.88 Å². The Kier molecular flexibility index (Phi) is 4.58. The molecule has 1 aromatic heterocycles. The second-order valence-corrected chi connectivity index (χ2v) is 6.06. The lowest BCUT2D eigenvalue weighted by atomic mass is 10.00. The van der Waals surface area contributed by atoms with E-state index in [1.54, 1.807) is 0 Å². The molecule has 1 aromatic rings. The first-order valence-corrected chi connectivity index (χ1v) is 7.51. The highest BCUT2D eigenvalue weighted by Crippen LogP contribution is 2.29. The Morgan fingerprint density at radius 1 is 1.26 bits per heavy atom. The van der Waals surface area contributed by atoms with Crippen LogP contribution in [-0.2, 0) is 22.4 Å². The third-order valence-electron chi connectivity index (χ3n) is 3.38. The van der Waals surface area contributed by atoms with E-state index >= 15 is 0 Å². The summed E-state index contributed by atoms with van der Waals surface area (Å²) >= 11 is 1.49. The Bertz CT molecular complexity index is 456. The van der Waals surface area contributed by atoms with Gasteiger partial charge in [-0.3, -0.25) is 4.79 Å². The number of fused-ring (bicyclic) bond motifs is 1. The molecule has 4 nitrogen and oxygen atoms in total. The van der Waals surface area contributed by atoms with Crippen molar-refractivity contribution in [2.24, 2.45) is 5.73 Å². The SMILES string of the molecule is C[C@@H](OC(=O)c1cc2c(s1)CCCCCC2)C(N)=O. The van der Waals surface area contributed by atoms with Crippen LogP contribution in [0.25, 0.3) is 0 Å². The third-order valence-corrected chi connectivity index (χ3v) is 4.60. The first kappa shape index (κ1) is 14.1. The number of nitrogens with two attached hydrogens (primary N) is 1. The molecule has 1 aliphatic carbocycles. The summed E-state index contributed by atoms with van der Waals surface area (Å²) in [7, 11) is 0. The Balaban J connectivity index is 2.10. The number of primary amides is 1. The molecule has 1 amide bonds. The first-order valence-electron chi connectivity index (χ1n) is 6.70. The zero-order chi connectivity index (χ0) is 13.8. The lowest BCUT2D eigenvalue weighted by Gasteiger charge is -2.07. The molecule has 2 N–H and O–H groups in total. The molecular formula is C14H19NO3S. The molecule has 0 fully saturated rings. The minimum atomic E-state index is -0.878. The van der Waals surface area contributed by atoms with Crippen molar-refractivity contribution < 1.29 is 14.3 Å². The van der Waals surface area contributed by atoms with E-state index in [1.807, 2.05) is 6.07 Å². The highest BCUT2D eigenvalue weighted by atomic mass is 32.1. The summed E-state index contributed by atoms with van der Waals surface area (Å²) in [5.41, 5.74) is 6.36. The van der Waals surface area contributed by atoms with Gasteiger partial charge >= 0.3 is 5.97 Å². The van der Waals surface area contributed by atoms with Gasteiger partial charge in [0.1, 0.15) is 4.88 Å². The van der Waals surface area contributed by atoms with Crippen LogP contribution in [0.5, 0.6) is 0 Å². The van der Waals surface area contributed by atoms with Gasteiger partial charge in [-0.1, -0.05) is 12.8 Å². The summed E-state index contributed by atoms with van der Waals surface area (Å²) < 4.78 is 5.04. The molecule has 19 heavy (non-hydrogen) atoms. The monoisotopic (exact) mass is 281 g/mol. The van der Waals surface area contributed by atoms with Crippen LogP contribution >= 0.6 is 11.3 Å². The highest BCUT2D eigenvalue weighted by molar-refractivity contribution is 7.14. The lowest BCUT2D eigenvalue weighted by molar-refractivity contribution is -0.125. The Hall–Kier alpha value is -1.36.